The van der Waals surface area contributed by atoms with Crippen molar-refractivity contribution in [1.82, 2.24) is 13.7 Å². The van der Waals surface area contributed by atoms with Crippen molar-refractivity contribution in [2.75, 3.05) is 0 Å². The molecule has 11 rings (SSSR count). The molecule has 8 aromatic carbocycles. The molecule has 0 unspecified atom stereocenters. The zero-order chi connectivity index (χ0) is 40.2. The van der Waals surface area contributed by atoms with Gasteiger partial charge in [-0.25, -0.2) is 0 Å². The lowest BCUT2D eigenvalue weighted by atomic mass is 10.0. The molecule has 0 aliphatic carbocycles. The molecule has 5 heteroatoms. The largest absolute Gasteiger partial charge is 0.309 e. The summed E-state index contributed by atoms with van der Waals surface area (Å²) in [5.41, 5.74) is 13.1. The molecular weight excluding hydrogens is 747 g/mol. The van der Waals surface area contributed by atoms with E-state index in [0.717, 1.165) is 17.1 Å². The molecule has 0 atom stereocenters. The minimum atomic E-state index is -1.55. The van der Waals surface area contributed by atoms with Gasteiger partial charge in [0.25, 0.3) is 0 Å². The number of benzene rings is 8. The average molecular weight is 794 g/mol. The summed E-state index contributed by atoms with van der Waals surface area (Å²) in [5, 5.41) is 10.7. The smallest absolute Gasteiger partial charge is 0.0776 e. The van der Waals surface area contributed by atoms with Gasteiger partial charge in [-0.2, -0.15) is 0 Å². The standard InChI is InChI=1S/C54H47N3Si2/c1-58(2,3)41-26-28-53-47(34-41)45-20-9-13-24-51(45)55(53)38-17-15-16-36(30-38)37-31-39(56-49-22-11-7-18-43(49)44-19-8-12-23-50(44)56)33-40(32-37)57-52-25-14-10-21-46(52)48-35-42(59(4,5)6)27-29-54(48)57/h7-35H,1-6H3. The van der Waals surface area contributed by atoms with Gasteiger partial charge in [0.05, 0.1) is 49.2 Å². The Morgan fingerprint density at radius 2 is 0.627 bits per heavy atom. The van der Waals surface area contributed by atoms with Crippen molar-refractivity contribution in [3.05, 3.63) is 176 Å². The second kappa shape index (κ2) is 13.1. The first kappa shape index (κ1) is 35.7. The van der Waals surface area contributed by atoms with Crippen LogP contribution in [0, 0.1) is 0 Å². The van der Waals surface area contributed by atoms with Crippen molar-refractivity contribution >= 4 is 91.9 Å². The van der Waals surface area contributed by atoms with E-state index in [0.29, 0.717) is 0 Å². The second-order valence-electron chi connectivity index (χ2n) is 18.3. The summed E-state index contributed by atoms with van der Waals surface area (Å²) in [6.07, 6.45) is 0. The Hall–Kier alpha value is -6.41. The van der Waals surface area contributed by atoms with E-state index in [4.69, 9.17) is 0 Å². The van der Waals surface area contributed by atoms with Gasteiger partial charge in [0.1, 0.15) is 0 Å². The van der Waals surface area contributed by atoms with Crippen molar-refractivity contribution < 1.29 is 0 Å². The first-order chi connectivity index (χ1) is 28.5. The van der Waals surface area contributed by atoms with E-state index in [1.54, 1.807) is 0 Å². The van der Waals surface area contributed by atoms with Crippen LogP contribution in [0.5, 0.6) is 0 Å². The summed E-state index contributed by atoms with van der Waals surface area (Å²) in [6, 6.07) is 66.2. The van der Waals surface area contributed by atoms with Gasteiger partial charge in [0.2, 0.25) is 0 Å². The Balaban J connectivity index is 1.19. The maximum absolute atomic E-state index is 2.49. The van der Waals surface area contributed by atoms with Gasteiger partial charge in [0, 0.05) is 49.4 Å². The third-order valence-corrected chi connectivity index (χ3v) is 16.6. The van der Waals surface area contributed by atoms with Gasteiger partial charge in [-0.05, 0) is 77.9 Å². The Morgan fingerprint density at radius 3 is 1.05 bits per heavy atom. The van der Waals surface area contributed by atoms with Crippen molar-refractivity contribution in [3.8, 4) is 28.2 Å². The van der Waals surface area contributed by atoms with Crippen LogP contribution in [0.25, 0.3) is 93.6 Å². The number of fused-ring (bicyclic) bond motifs is 9. The Kier molecular flexibility index (Phi) is 7.90. The van der Waals surface area contributed by atoms with Crippen LogP contribution in [0.2, 0.25) is 39.3 Å². The van der Waals surface area contributed by atoms with Crippen LogP contribution in [0.1, 0.15) is 0 Å². The number of hydrogen-bond acceptors (Lipinski definition) is 0. The number of rotatable bonds is 6. The highest BCUT2D eigenvalue weighted by molar-refractivity contribution is 6.89. The quantitative estimate of drug-likeness (QED) is 0.149. The van der Waals surface area contributed by atoms with Gasteiger partial charge in [0.15, 0.2) is 0 Å². The Labute approximate surface area is 347 Å². The molecule has 0 amide bonds. The summed E-state index contributed by atoms with van der Waals surface area (Å²) >= 11 is 0. The van der Waals surface area contributed by atoms with E-state index < -0.39 is 16.1 Å². The maximum Gasteiger partial charge on any atom is 0.0776 e. The van der Waals surface area contributed by atoms with Crippen LogP contribution in [0.3, 0.4) is 0 Å². The second-order valence-corrected chi connectivity index (χ2v) is 28.5. The molecule has 0 spiro atoms. The monoisotopic (exact) mass is 793 g/mol. The minimum absolute atomic E-state index is 1.14. The van der Waals surface area contributed by atoms with E-state index >= 15 is 0 Å². The number of para-hydroxylation sites is 4. The molecule has 3 heterocycles. The highest BCUT2D eigenvalue weighted by Gasteiger charge is 2.22. The molecule has 0 saturated heterocycles. The summed E-state index contributed by atoms with van der Waals surface area (Å²) < 4.78 is 7.41. The van der Waals surface area contributed by atoms with Crippen LogP contribution in [-0.4, -0.2) is 29.8 Å². The topological polar surface area (TPSA) is 14.8 Å². The predicted molar refractivity (Wildman–Crippen MR) is 261 cm³/mol. The summed E-state index contributed by atoms with van der Waals surface area (Å²) in [6.45, 7) is 14.6. The Morgan fingerprint density at radius 1 is 0.271 bits per heavy atom. The minimum Gasteiger partial charge on any atom is -0.309 e. The summed E-state index contributed by atoms with van der Waals surface area (Å²) in [4.78, 5) is 0. The lowest BCUT2D eigenvalue weighted by Crippen LogP contribution is -2.37. The molecular formula is C54H47N3Si2. The van der Waals surface area contributed by atoms with Gasteiger partial charge < -0.3 is 13.7 Å². The molecule has 0 aliphatic heterocycles. The molecule has 0 saturated carbocycles. The predicted octanol–water partition coefficient (Wildman–Crippen LogP) is 13.7. The fourth-order valence-corrected chi connectivity index (χ4v) is 11.8. The third kappa shape index (κ3) is 5.67. The lowest BCUT2D eigenvalue weighted by Gasteiger charge is -2.18. The summed E-state index contributed by atoms with van der Waals surface area (Å²) in [5.74, 6) is 0. The molecule has 0 fully saturated rings. The first-order valence-corrected chi connectivity index (χ1v) is 27.9. The normalized spacial score (nSPS) is 12.6. The highest BCUT2D eigenvalue weighted by Crippen LogP contribution is 2.39. The number of hydrogen-bond donors (Lipinski definition) is 0. The van der Waals surface area contributed by atoms with Gasteiger partial charge >= 0.3 is 0 Å². The van der Waals surface area contributed by atoms with E-state index in [2.05, 4.69) is 229 Å². The average Bonchev–Trinajstić information content (AvgIpc) is 3.88. The maximum atomic E-state index is 2.49. The zero-order valence-electron chi connectivity index (χ0n) is 34.6. The van der Waals surface area contributed by atoms with Crippen LogP contribution in [0.4, 0.5) is 0 Å². The highest BCUT2D eigenvalue weighted by atomic mass is 28.3. The fourth-order valence-electron chi connectivity index (χ4n) is 9.48. The first-order valence-electron chi connectivity index (χ1n) is 20.9. The molecule has 0 aliphatic rings. The molecule has 286 valence electrons. The van der Waals surface area contributed by atoms with Crippen molar-refractivity contribution in [3.63, 3.8) is 0 Å². The van der Waals surface area contributed by atoms with Crippen molar-refractivity contribution in [2.45, 2.75) is 39.3 Å². The van der Waals surface area contributed by atoms with Gasteiger partial charge in [-0.1, -0.05) is 159 Å². The fraction of sp³-hybridized carbons (Fsp3) is 0.111. The molecule has 59 heavy (non-hydrogen) atoms. The van der Waals surface area contributed by atoms with E-state index in [1.807, 2.05) is 0 Å². The van der Waals surface area contributed by atoms with Crippen LogP contribution in [0.15, 0.2) is 176 Å². The Bertz CT molecular complexity index is 3420. The van der Waals surface area contributed by atoms with Crippen molar-refractivity contribution in [1.29, 1.82) is 0 Å². The summed E-state index contributed by atoms with van der Waals surface area (Å²) in [7, 11) is -3.06. The molecule has 0 radical (unpaired) electrons. The van der Waals surface area contributed by atoms with Gasteiger partial charge in [-0.3, -0.25) is 0 Å². The number of nitrogens with zero attached hydrogens (tertiary/aromatic N) is 3. The van der Waals surface area contributed by atoms with E-state index in [-0.39, 0.29) is 0 Å². The van der Waals surface area contributed by atoms with E-state index in [1.165, 1.54) is 86.9 Å². The molecule has 0 bridgehead atoms. The van der Waals surface area contributed by atoms with Crippen LogP contribution >= 0.6 is 0 Å². The molecule has 3 aromatic heterocycles. The van der Waals surface area contributed by atoms with Crippen LogP contribution in [-0.2, 0) is 0 Å². The number of aromatic nitrogens is 3. The van der Waals surface area contributed by atoms with Crippen LogP contribution < -0.4 is 10.4 Å². The van der Waals surface area contributed by atoms with Crippen molar-refractivity contribution in [2.24, 2.45) is 0 Å². The van der Waals surface area contributed by atoms with Gasteiger partial charge in [-0.15, -0.1) is 0 Å². The van der Waals surface area contributed by atoms with E-state index in [9.17, 15) is 0 Å². The third-order valence-electron chi connectivity index (χ3n) is 12.5. The molecule has 11 aromatic rings. The SMILES string of the molecule is C[Si](C)(C)c1ccc2c(c1)c1ccccc1n2-c1cccc(-c2cc(-n3c4ccccc4c4ccccc43)cc(-n3c4ccccc4c4cc([Si](C)(C)C)ccc43)c2)c1. The lowest BCUT2D eigenvalue weighted by molar-refractivity contribution is 1.13. The molecule has 3 nitrogen and oxygen atoms in total. The zero-order valence-corrected chi connectivity index (χ0v) is 36.6. The molecule has 0 N–H and O–H groups in total.